The second-order valence-electron chi connectivity index (χ2n) is 4.91. The van der Waals surface area contributed by atoms with Crippen LogP contribution in [0.15, 0.2) is 44.5 Å². The quantitative estimate of drug-likeness (QED) is 0.347. The second-order valence-corrected chi connectivity index (χ2v) is 4.91. The summed E-state index contributed by atoms with van der Waals surface area (Å²) in [4.78, 5) is 0. The summed E-state index contributed by atoms with van der Waals surface area (Å²) in [6.07, 6.45) is 19.5. The van der Waals surface area contributed by atoms with Gasteiger partial charge < -0.3 is 0 Å². The molecule has 0 aromatic heterocycles. The lowest BCUT2D eigenvalue weighted by Crippen LogP contribution is -2.00. The van der Waals surface area contributed by atoms with E-state index in [1.54, 1.807) is 6.26 Å². The van der Waals surface area contributed by atoms with E-state index >= 15 is 0 Å². The molecule has 0 nitrogen and oxygen atoms in total. The third-order valence-electron chi connectivity index (χ3n) is 3.56. The molecule has 1 rings (SSSR count). The Bertz CT molecular complexity index is 628. The van der Waals surface area contributed by atoms with Crippen molar-refractivity contribution in [1.29, 1.82) is 0 Å². The van der Waals surface area contributed by atoms with Gasteiger partial charge in [0.2, 0.25) is 0 Å². The standard InChI is InChI=1S/C21H26.2C2H6.C2H4.CH4S/c1-7-12-15-20-16(6)19(13-8-2)17(10-4)18(11-5)21(20)14-9-3;4*1-2/h8-15H,4-5,7H2,1-3,6H3;2*1-2H3;1-2H2;2H,1H3/b13-8-,14-9-,15-12-;;;;. The van der Waals surface area contributed by atoms with Crippen LogP contribution in [0, 0.1) is 6.92 Å². The van der Waals surface area contributed by atoms with Gasteiger partial charge in [0.25, 0.3) is 0 Å². The smallest absolute Gasteiger partial charge is 0.0105 e. The van der Waals surface area contributed by atoms with Crippen molar-refractivity contribution in [3.63, 3.8) is 0 Å². The van der Waals surface area contributed by atoms with Crippen LogP contribution in [0.3, 0.4) is 0 Å². The van der Waals surface area contributed by atoms with Gasteiger partial charge in [-0.2, -0.15) is 12.6 Å². The summed E-state index contributed by atoms with van der Waals surface area (Å²) in [6, 6.07) is 0. The van der Waals surface area contributed by atoms with Crippen LogP contribution in [0.2, 0.25) is 0 Å². The van der Waals surface area contributed by atoms with Crippen LogP contribution in [0.4, 0.5) is 0 Å². The van der Waals surface area contributed by atoms with E-state index < -0.39 is 0 Å². The van der Waals surface area contributed by atoms with Crippen molar-refractivity contribution in [2.24, 2.45) is 0 Å². The maximum Gasteiger partial charge on any atom is -0.0105 e. The third-order valence-corrected chi connectivity index (χ3v) is 3.56. The zero-order valence-electron chi connectivity index (χ0n) is 20.6. The summed E-state index contributed by atoms with van der Waals surface area (Å²) < 4.78 is 0. The molecule has 0 aliphatic heterocycles. The van der Waals surface area contributed by atoms with E-state index in [1.807, 2.05) is 53.7 Å². The van der Waals surface area contributed by atoms with Gasteiger partial charge in [-0.25, -0.2) is 0 Å². The summed E-state index contributed by atoms with van der Waals surface area (Å²) >= 11 is 3.53. The monoisotopic (exact) mass is 414 g/mol. The van der Waals surface area contributed by atoms with E-state index in [-0.39, 0.29) is 0 Å². The van der Waals surface area contributed by atoms with Gasteiger partial charge in [0.1, 0.15) is 0 Å². The highest BCUT2D eigenvalue weighted by Gasteiger charge is 2.14. The molecule has 0 aliphatic carbocycles. The lowest BCUT2D eigenvalue weighted by Gasteiger charge is -2.18. The van der Waals surface area contributed by atoms with Crippen LogP contribution in [-0.4, -0.2) is 6.26 Å². The Morgan fingerprint density at radius 2 is 1.03 bits per heavy atom. The van der Waals surface area contributed by atoms with Gasteiger partial charge in [-0.1, -0.05) is 96.4 Å². The van der Waals surface area contributed by atoms with Crippen LogP contribution in [0.25, 0.3) is 30.4 Å². The average molecular weight is 415 g/mol. The van der Waals surface area contributed by atoms with E-state index in [2.05, 4.69) is 89.2 Å². The summed E-state index contributed by atoms with van der Waals surface area (Å²) in [7, 11) is 0. The van der Waals surface area contributed by atoms with Crippen molar-refractivity contribution in [3.8, 4) is 0 Å². The molecule has 0 saturated heterocycles. The molecule has 0 fully saturated rings. The first-order chi connectivity index (χ1) is 14.2. The van der Waals surface area contributed by atoms with Gasteiger partial charge in [-0.15, -0.1) is 13.2 Å². The van der Waals surface area contributed by atoms with Crippen molar-refractivity contribution in [2.75, 3.05) is 6.26 Å². The van der Waals surface area contributed by atoms with E-state index in [9.17, 15) is 0 Å². The summed E-state index contributed by atoms with van der Waals surface area (Å²) in [5, 5.41) is 0. The molecule has 0 radical (unpaired) electrons. The minimum Gasteiger partial charge on any atom is -0.183 e. The first-order valence-electron chi connectivity index (χ1n) is 10.5. The van der Waals surface area contributed by atoms with Gasteiger partial charge in [0.15, 0.2) is 0 Å². The minimum atomic E-state index is 1.03. The molecule has 0 spiro atoms. The number of allylic oxidation sites excluding steroid dienone is 3. The zero-order valence-corrected chi connectivity index (χ0v) is 21.5. The summed E-state index contributed by atoms with van der Waals surface area (Å²) in [6.45, 7) is 30.4. The van der Waals surface area contributed by atoms with Crippen molar-refractivity contribution >= 4 is 43.0 Å². The number of rotatable bonds is 6. The van der Waals surface area contributed by atoms with Crippen LogP contribution >= 0.6 is 12.6 Å². The lowest BCUT2D eigenvalue weighted by atomic mass is 9.86. The maximum atomic E-state index is 4.00. The fraction of sp³-hybridized carbons (Fsp3) is 0.357. The zero-order chi connectivity index (χ0) is 23.8. The summed E-state index contributed by atoms with van der Waals surface area (Å²) in [5.74, 6) is 0. The van der Waals surface area contributed by atoms with Crippen molar-refractivity contribution in [3.05, 3.63) is 77.9 Å². The van der Waals surface area contributed by atoms with Gasteiger partial charge in [-0.3, -0.25) is 0 Å². The number of hydrogen-bond donors (Lipinski definition) is 1. The Balaban J connectivity index is -0.000000347. The van der Waals surface area contributed by atoms with Crippen molar-refractivity contribution < 1.29 is 0 Å². The van der Waals surface area contributed by atoms with Gasteiger partial charge in [0, 0.05) is 0 Å². The molecule has 0 amide bonds. The minimum absolute atomic E-state index is 1.03. The summed E-state index contributed by atoms with van der Waals surface area (Å²) in [5.41, 5.74) is 7.30. The third kappa shape index (κ3) is 11.6. The molecular formula is C28H46S. The topological polar surface area (TPSA) is 0 Å². The van der Waals surface area contributed by atoms with Crippen LogP contribution in [0.5, 0.6) is 0 Å². The molecule has 164 valence electrons. The van der Waals surface area contributed by atoms with Crippen molar-refractivity contribution in [1.82, 2.24) is 0 Å². The molecule has 0 saturated carbocycles. The fourth-order valence-electron chi connectivity index (χ4n) is 2.60. The molecule has 0 unspecified atom stereocenters. The molecule has 29 heavy (non-hydrogen) atoms. The second kappa shape index (κ2) is 26.0. The Hall–Kier alpha value is -1.99. The molecule has 0 atom stereocenters. The molecule has 0 aliphatic rings. The highest BCUT2D eigenvalue weighted by Crippen LogP contribution is 2.33. The Morgan fingerprint density at radius 3 is 1.38 bits per heavy atom. The first kappa shape index (κ1) is 34.5. The van der Waals surface area contributed by atoms with E-state index in [4.69, 9.17) is 0 Å². The normalized spacial score (nSPS) is 9.31. The Morgan fingerprint density at radius 1 is 0.690 bits per heavy atom. The molecular weight excluding hydrogens is 368 g/mol. The molecule has 0 bridgehead atoms. The number of benzene rings is 1. The SMILES string of the molecule is C=C.C=Cc1c(C=C)c(/C=C\C)c(/C=C\CC)c(C)c1/C=C\C.CC.CC.CS. The highest BCUT2D eigenvalue weighted by atomic mass is 32.1. The highest BCUT2D eigenvalue weighted by molar-refractivity contribution is 7.79. The van der Waals surface area contributed by atoms with Crippen LogP contribution in [0.1, 0.15) is 88.3 Å². The van der Waals surface area contributed by atoms with E-state index in [0.717, 1.165) is 17.5 Å². The van der Waals surface area contributed by atoms with Gasteiger partial charge in [0.05, 0.1) is 0 Å². The largest absolute Gasteiger partial charge is 0.183 e. The van der Waals surface area contributed by atoms with E-state index in [0.29, 0.717) is 0 Å². The van der Waals surface area contributed by atoms with Gasteiger partial charge in [-0.05, 0) is 66.8 Å². The lowest BCUT2D eigenvalue weighted by molar-refractivity contribution is 1.23. The predicted octanol–water partition coefficient (Wildman–Crippen LogP) is 10.2. The Kier molecular flexibility index (Phi) is 31.0. The number of thiol groups is 1. The first-order valence-corrected chi connectivity index (χ1v) is 11.4. The van der Waals surface area contributed by atoms with Crippen molar-refractivity contribution in [2.45, 2.75) is 61.8 Å². The molecule has 0 N–H and O–H groups in total. The average Bonchev–Trinajstić information content (AvgIpc) is 2.80. The van der Waals surface area contributed by atoms with Gasteiger partial charge >= 0.3 is 0 Å². The molecule has 1 heteroatoms. The molecule has 0 heterocycles. The van der Waals surface area contributed by atoms with E-state index in [1.165, 1.54) is 22.3 Å². The van der Waals surface area contributed by atoms with Crippen LogP contribution < -0.4 is 0 Å². The fourth-order valence-corrected chi connectivity index (χ4v) is 2.60. The van der Waals surface area contributed by atoms with Crippen LogP contribution in [-0.2, 0) is 0 Å². The predicted molar refractivity (Wildman–Crippen MR) is 149 cm³/mol. The Labute approximate surface area is 189 Å². The maximum absolute atomic E-state index is 4.00. The molecule has 1 aromatic carbocycles. The molecule has 1 aromatic rings. The number of hydrogen-bond acceptors (Lipinski definition) is 1.